The van der Waals surface area contributed by atoms with Crippen LogP contribution in [0.3, 0.4) is 0 Å². The molecule has 0 aliphatic carbocycles. The van der Waals surface area contributed by atoms with E-state index in [1.54, 1.807) is 4.82 Å². The van der Waals surface area contributed by atoms with Crippen LogP contribution in [-0.2, 0) is 6.42 Å². The molecule has 0 atom stereocenters. The second kappa shape index (κ2) is 5.36. The molecule has 1 heterocycles. The summed E-state index contributed by atoms with van der Waals surface area (Å²) in [6.07, 6.45) is 6.43. The molecule has 0 aromatic heterocycles. The van der Waals surface area contributed by atoms with Crippen LogP contribution in [0.25, 0.3) is 0 Å². The zero-order valence-electron chi connectivity index (χ0n) is 13.1. The fourth-order valence-electron chi connectivity index (χ4n) is 3.44. The van der Waals surface area contributed by atoms with Gasteiger partial charge in [-0.1, -0.05) is 51.6 Å². The smallest absolute Gasteiger partial charge is 0.0644 e. The third kappa shape index (κ3) is 3.25. The zero-order valence-corrected chi connectivity index (χ0v) is 15.1. The van der Waals surface area contributed by atoms with Crippen LogP contribution in [-0.4, -0.2) is 16.1 Å². The first-order valence-electron chi connectivity index (χ1n) is 7.59. The van der Waals surface area contributed by atoms with Crippen LogP contribution in [0.1, 0.15) is 24.5 Å². The number of benzene rings is 1. The van der Waals surface area contributed by atoms with Crippen molar-refractivity contribution in [2.45, 2.75) is 58.0 Å². The van der Waals surface area contributed by atoms with Gasteiger partial charge in [0.05, 0.1) is 28.3 Å². The maximum Gasteiger partial charge on any atom is 0.187 e. The summed E-state index contributed by atoms with van der Waals surface area (Å²) in [7, 11) is -2.39. The van der Waals surface area contributed by atoms with Crippen LogP contribution in [0.2, 0.25) is 38.3 Å². The van der Waals surface area contributed by atoms with E-state index in [-0.39, 0.29) is 0 Å². The van der Waals surface area contributed by atoms with Crippen molar-refractivity contribution in [1.82, 2.24) is 0 Å². The van der Waals surface area contributed by atoms with Crippen molar-refractivity contribution in [3.63, 3.8) is 0 Å². The summed E-state index contributed by atoms with van der Waals surface area (Å²) in [5.74, 6) is 0. The van der Waals surface area contributed by atoms with Gasteiger partial charge in [-0.25, -0.2) is 0 Å². The van der Waals surface area contributed by atoms with Crippen molar-refractivity contribution in [2.24, 2.45) is 0 Å². The molecule has 0 N–H and O–H groups in total. The minimum atomic E-state index is -1.19. The summed E-state index contributed by atoms with van der Waals surface area (Å²) in [6, 6.07) is 12.0. The lowest BCUT2D eigenvalue weighted by Crippen LogP contribution is -2.48. The standard InChI is InChI=1S/C17H27Si2/c1-6-15-8-10-16(11-9-15)14-17-18(2,3)12-7-13-19(17,4)5/h8-11H,6-7,12-13H2,1-5H3/q+1. The molecule has 1 aliphatic rings. The molecule has 1 aromatic carbocycles. The molecule has 102 valence electrons. The molecule has 1 aromatic rings. The molecule has 19 heavy (non-hydrogen) atoms. The van der Waals surface area contributed by atoms with Gasteiger partial charge in [-0.2, -0.15) is 0 Å². The molecule has 0 bridgehead atoms. The van der Waals surface area contributed by atoms with Crippen molar-refractivity contribution < 1.29 is 0 Å². The average molecular weight is 288 g/mol. The Labute approximate surface area is 121 Å². The molecule has 1 aliphatic heterocycles. The fourth-order valence-corrected chi connectivity index (χ4v) is 15.5. The topological polar surface area (TPSA) is 0 Å². The van der Waals surface area contributed by atoms with Crippen molar-refractivity contribution in [2.75, 3.05) is 0 Å². The van der Waals surface area contributed by atoms with E-state index >= 15 is 0 Å². The summed E-state index contributed by atoms with van der Waals surface area (Å²) in [6.45, 7) is 12.4. The highest BCUT2D eigenvalue weighted by Crippen LogP contribution is 2.39. The Morgan fingerprint density at radius 1 is 0.947 bits per heavy atom. The lowest BCUT2D eigenvalue weighted by Gasteiger charge is -2.38. The quantitative estimate of drug-likeness (QED) is 0.516. The van der Waals surface area contributed by atoms with Gasteiger partial charge in [0.25, 0.3) is 0 Å². The Bertz CT molecular complexity index is 449. The number of hydrogen-bond acceptors (Lipinski definition) is 0. The second-order valence-electron chi connectivity index (χ2n) is 7.17. The van der Waals surface area contributed by atoms with Gasteiger partial charge in [-0.3, -0.25) is 0 Å². The van der Waals surface area contributed by atoms with Crippen LogP contribution >= 0.6 is 0 Å². The lowest BCUT2D eigenvalue weighted by atomic mass is 10.1. The number of rotatable bonds is 2. The van der Waals surface area contributed by atoms with E-state index in [4.69, 9.17) is 0 Å². The van der Waals surface area contributed by atoms with Gasteiger partial charge >= 0.3 is 0 Å². The Balaban J connectivity index is 2.37. The van der Waals surface area contributed by atoms with Gasteiger partial charge in [-0.15, -0.1) is 0 Å². The van der Waals surface area contributed by atoms with E-state index in [1.807, 2.05) is 0 Å². The van der Waals surface area contributed by atoms with E-state index in [0.717, 1.165) is 6.42 Å². The second-order valence-corrected chi connectivity index (χ2v) is 17.2. The highest BCUT2D eigenvalue weighted by atomic mass is 28.4. The van der Waals surface area contributed by atoms with E-state index in [2.05, 4.69) is 63.5 Å². The number of aryl methyl sites for hydroxylation is 1. The first-order chi connectivity index (χ1) is 8.85. The normalized spacial score (nSPS) is 21.0. The summed E-state index contributed by atoms with van der Waals surface area (Å²) in [5.41, 5.74) is 2.72. The molecule has 0 amide bonds. The van der Waals surface area contributed by atoms with Crippen LogP contribution in [0.4, 0.5) is 0 Å². The molecule has 1 fully saturated rings. The van der Waals surface area contributed by atoms with Gasteiger partial charge < -0.3 is 0 Å². The fraction of sp³-hybridized carbons (Fsp3) is 0.529. The van der Waals surface area contributed by atoms with Gasteiger partial charge in [-0.05, 0) is 12.0 Å². The molecule has 0 nitrogen and oxygen atoms in total. The maximum absolute atomic E-state index is 3.85. The minimum Gasteiger partial charge on any atom is -0.0644 e. The van der Waals surface area contributed by atoms with Gasteiger partial charge in [0.2, 0.25) is 0 Å². The van der Waals surface area contributed by atoms with Crippen LogP contribution in [0, 0.1) is 6.08 Å². The highest BCUT2D eigenvalue weighted by Gasteiger charge is 2.44. The summed E-state index contributed by atoms with van der Waals surface area (Å²) in [4.78, 5) is 1.77. The molecule has 0 radical (unpaired) electrons. The third-order valence-corrected chi connectivity index (χ3v) is 14.8. The monoisotopic (exact) mass is 287 g/mol. The van der Waals surface area contributed by atoms with E-state index < -0.39 is 16.1 Å². The predicted octanol–water partition coefficient (Wildman–Crippen LogP) is 5.23. The summed E-state index contributed by atoms with van der Waals surface area (Å²) in [5, 5.41) is 0. The van der Waals surface area contributed by atoms with Crippen molar-refractivity contribution in [3.05, 3.63) is 46.3 Å². The average Bonchev–Trinajstić information content (AvgIpc) is 2.34. The maximum atomic E-state index is 3.85. The largest absolute Gasteiger partial charge is 0.187 e. The Morgan fingerprint density at radius 3 is 1.95 bits per heavy atom. The molecular formula is C17H27Si2+. The zero-order chi connectivity index (χ0) is 14.1. The van der Waals surface area contributed by atoms with Gasteiger partial charge in [0.1, 0.15) is 0 Å². The molecule has 0 unspecified atom stereocenters. The lowest BCUT2D eigenvalue weighted by molar-refractivity contribution is 0.996. The Morgan fingerprint density at radius 2 is 1.47 bits per heavy atom. The Hall–Kier alpha value is -0.696. The molecular weight excluding hydrogens is 260 g/mol. The first kappa shape index (κ1) is 14.7. The molecule has 2 rings (SSSR count). The molecule has 2 heteroatoms. The highest BCUT2D eigenvalue weighted by molar-refractivity contribution is 7.06. The van der Waals surface area contributed by atoms with Crippen LogP contribution in [0.5, 0.6) is 0 Å². The van der Waals surface area contributed by atoms with Crippen molar-refractivity contribution in [1.29, 1.82) is 0 Å². The van der Waals surface area contributed by atoms with E-state index in [0.29, 0.717) is 0 Å². The van der Waals surface area contributed by atoms with Crippen molar-refractivity contribution >= 4 is 16.1 Å². The molecule has 0 saturated carbocycles. The SMILES string of the molecule is CCc1ccc([C+]=C2[Si](C)(C)CCC[Si]2(C)C)cc1. The first-order valence-corrected chi connectivity index (χ1v) is 14.0. The van der Waals surface area contributed by atoms with Gasteiger partial charge in [0, 0.05) is 23.0 Å². The molecule has 0 spiro atoms. The Kier molecular flexibility index (Phi) is 4.15. The summed E-state index contributed by atoms with van der Waals surface area (Å²) >= 11 is 0. The molecule has 1 saturated heterocycles. The predicted molar refractivity (Wildman–Crippen MR) is 90.9 cm³/mol. The van der Waals surface area contributed by atoms with Crippen LogP contribution < -0.4 is 0 Å². The van der Waals surface area contributed by atoms with Crippen molar-refractivity contribution in [3.8, 4) is 0 Å². The third-order valence-electron chi connectivity index (χ3n) is 4.59. The van der Waals surface area contributed by atoms with E-state index in [1.165, 1.54) is 29.6 Å². The summed E-state index contributed by atoms with van der Waals surface area (Å²) < 4.78 is 0. The van der Waals surface area contributed by atoms with E-state index in [9.17, 15) is 0 Å². The van der Waals surface area contributed by atoms with Crippen LogP contribution in [0.15, 0.2) is 29.1 Å². The minimum absolute atomic E-state index is 1.12. The number of hydrogen-bond donors (Lipinski definition) is 0. The van der Waals surface area contributed by atoms with Gasteiger partial charge in [0.15, 0.2) is 5.56 Å².